The zero-order valence-corrected chi connectivity index (χ0v) is 28.8. The van der Waals surface area contributed by atoms with Gasteiger partial charge in [0.1, 0.15) is 0 Å². The van der Waals surface area contributed by atoms with Gasteiger partial charge in [0, 0.05) is 11.4 Å². The lowest BCUT2D eigenvalue weighted by Crippen LogP contribution is -2.29. The first kappa shape index (κ1) is 31.8. The summed E-state index contributed by atoms with van der Waals surface area (Å²) in [6.07, 6.45) is 35.7. The number of anilines is 2. The van der Waals surface area contributed by atoms with Crippen molar-refractivity contribution >= 4 is 16.9 Å². The average molecular weight is 648 g/mol. The second-order valence-corrected chi connectivity index (χ2v) is 13.9. The summed E-state index contributed by atoms with van der Waals surface area (Å²) in [5.74, 6) is 0.733. The highest BCUT2D eigenvalue weighted by Gasteiger charge is 2.21. The molecule has 0 saturated heterocycles. The van der Waals surface area contributed by atoms with Gasteiger partial charge in [0.05, 0.1) is 6.04 Å². The molecule has 0 bridgehead atoms. The summed E-state index contributed by atoms with van der Waals surface area (Å²) in [5, 5.41) is 0. The number of fused-ring (bicyclic) bond motifs is 1. The van der Waals surface area contributed by atoms with Gasteiger partial charge in [0.15, 0.2) is 0 Å². The molecule has 1 heteroatoms. The lowest BCUT2D eigenvalue weighted by molar-refractivity contribution is 0.559. The predicted molar refractivity (Wildman–Crippen MR) is 214 cm³/mol. The second kappa shape index (κ2) is 15.0. The van der Waals surface area contributed by atoms with Crippen LogP contribution in [0.5, 0.6) is 0 Å². The fraction of sp³-hybridized carbons (Fsp3) is 0.184. The van der Waals surface area contributed by atoms with E-state index >= 15 is 0 Å². The summed E-state index contributed by atoms with van der Waals surface area (Å²) in [7, 11) is 0. The highest BCUT2D eigenvalue weighted by molar-refractivity contribution is 5.76. The van der Waals surface area contributed by atoms with E-state index < -0.39 is 0 Å². The van der Waals surface area contributed by atoms with Gasteiger partial charge in [-0.1, -0.05) is 146 Å². The van der Waals surface area contributed by atoms with Crippen LogP contribution < -0.4 is 4.90 Å². The Morgan fingerprint density at radius 3 is 2.08 bits per heavy atom. The van der Waals surface area contributed by atoms with Crippen LogP contribution in [0.3, 0.4) is 0 Å². The maximum atomic E-state index is 2.48. The van der Waals surface area contributed by atoms with E-state index in [2.05, 4.69) is 181 Å². The van der Waals surface area contributed by atoms with Gasteiger partial charge in [0.2, 0.25) is 0 Å². The van der Waals surface area contributed by atoms with Crippen LogP contribution in [0.4, 0.5) is 11.4 Å². The van der Waals surface area contributed by atoms with Crippen LogP contribution in [0.2, 0.25) is 0 Å². The third-order valence-corrected chi connectivity index (χ3v) is 10.6. The van der Waals surface area contributed by atoms with Crippen LogP contribution in [-0.2, 0) is 0 Å². The quantitative estimate of drug-likeness (QED) is 0.175. The molecule has 0 aromatic heterocycles. The van der Waals surface area contributed by atoms with E-state index in [9.17, 15) is 0 Å². The third-order valence-electron chi connectivity index (χ3n) is 10.6. The monoisotopic (exact) mass is 647 g/mol. The molecule has 2 unspecified atom stereocenters. The fourth-order valence-electron chi connectivity index (χ4n) is 7.89. The number of hydrogen-bond donors (Lipinski definition) is 0. The fourth-order valence-corrected chi connectivity index (χ4v) is 7.89. The molecule has 0 radical (unpaired) electrons. The molecule has 0 fully saturated rings. The van der Waals surface area contributed by atoms with Crippen LogP contribution in [-0.4, -0.2) is 6.04 Å². The molecule has 0 heterocycles. The molecule has 0 aliphatic heterocycles. The van der Waals surface area contributed by atoms with Crippen molar-refractivity contribution in [3.8, 4) is 22.3 Å². The highest BCUT2D eigenvalue weighted by Crippen LogP contribution is 2.37. The molecule has 4 aromatic carbocycles. The Kier molecular flexibility index (Phi) is 9.56. The molecule has 1 nitrogen and oxygen atoms in total. The van der Waals surface area contributed by atoms with Crippen LogP contribution in [0.1, 0.15) is 50.5 Å². The Morgan fingerprint density at radius 2 is 1.36 bits per heavy atom. The first-order chi connectivity index (χ1) is 24.8. The van der Waals surface area contributed by atoms with E-state index in [0.29, 0.717) is 0 Å². The normalized spacial score (nSPS) is 19.8. The number of rotatable bonds is 9. The number of allylic oxidation sites excluding steroid dienone is 14. The topological polar surface area (TPSA) is 3.24 Å². The van der Waals surface area contributed by atoms with Crippen LogP contribution in [0.15, 0.2) is 193 Å². The molecule has 4 aliphatic carbocycles. The molecule has 50 heavy (non-hydrogen) atoms. The summed E-state index contributed by atoms with van der Waals surface area (Å²) in [6, 6.07) is 38.0. The number of nitrogens with zero attached hydrogens (tertiary/aromatic N) is 1. The molecule has 4 aliphatic rings. The molecule has 0 N–H and O–H groups in total. The maximum absolute atomic E-state index is 2.48. The Morgan fingerprint density at radius 1 is 0.620 bits per heavy atom. The molecule has 8 rings (SSSR count). The second-order valence-electron chi connectivity index (χ2n) is 13.9. The molecule has 0 amide bonds. The van der Waals surface area contributed by atoms with Crippen molar-refractivity contribution in [2.24, 2.45) is 5.92 Å². The zero-order valence-electron chi connectivity index (χ0n) is 28.8. The Hall–Kier alpha value is -5.40. The summed E-state index contributed by atoms with van der Waals surface area (Å²) in [5.41, 5.74) is 14.6. The first-order valence-electron chi connectivity index (χ1n) is 18.4. The van der Waals surface area contributed by atoms with Crippen molar-refractivity contribution in [2.75, 3.05) is 4.90 Å². The van der Waals surface area contributed by atoms with Gasteiger partial charge in [-0.05, 0) is 131 Å². The Balaban J connectivity index is 0.982. The zero-order chi connectivity index (χ0) is 33.5. The lowest BCUT2D eigenvalue weighted by Gasteiger charge is -2.33. The lowest BCUT2D eigenvalue weighted by atomic mass is 9.80. The molecule has 4 aromatic rings. The smallest absolute Gasteiger partial charge is 0.0559 e. The minimum atomic E-state index is 0.268. The summed E-state index contributed by atoms with van der Waals surface area (Å²) in [4.78, 5) is 2.48. The highest BCUT2D eigenvalue weighted by atomic mass is 15.2. The first-order valence-corrected chi connectivity index (χ1v) is 18.4. The van der Waals surface area contributed by atoms with E-state index in [0.717, 1.165) is 31.6 Å². The van der Waals surface area contributed by atoms with Crippen molar-refractivity contribution in [2.45, 2.75) is 51.0 Å². The van der Waals surface area contributed by atoms with Crippen LogP contribution >= 0.6 is 0 Å². The summed E-state index contributed by atoms with van der Waals surface area (Å²) >= 11 is 0. The van der Waals surface area contributed by atoms with Gasteiger partial charge < -0.3 is 4.90 Å². The van der Waals surface area contributed by atoms with Crippen molar-refractivity contribution in [3.05, 3.63) is 198 Å². The number of benzene rings is 4. The van der Waals surface area contributed by atoms with E-state index in [1.807, 2.05) is 0 Å². The van der Waals surface area contributed by atoms with Gasteiger partial charge in [-0.3, -0.25) is 0 Å². The van der Waals surface area contributed by atoms with Crippen molar-refractivity contribution in [3.63, 3.8) is 0 Å². The SMILES string of the molecule is C1=CCC(N(c2ccc(C3=CC=C(C=CCC4=C5C=CCCC5CC=C4)CC3)cc2)c2ccc(-c3cccc(-c4ccccc4)c3)cc2)C=C1. The number of hydrogen-bond acceptors (Lipinski definition) is 1. The van der Waals surface area contributed by atoms with Gasteiger partial charge in [0.25, 0.3) is 0 Å². The summed E-state index contributed by atoms with van der Waals surface area (Å²) < 4.78 is 0. The van der Waals surface area contributed by atoms with Crippen LogP contribution in [0, 0.1) is 5.92 Å². The maximum Gasteiger partial charge on any atom is 0.0559 e. The van der Waals surface area contributed by atoms with Gasteiger partial charge in [-0.25, -0.2) is 0 Å². The summed E-state index contributed by atoms with van der Waals surface area (Å²) in [6.45, 7) is 0. The van der Waals surface area contributed by atoms with E-state index in [-0.39, 0.29) is 6.04 Å². The average Bonchev–Trinajstić information content (AvgIpc) is 3.20. The third kappa shape index (κ3) is 7.14. The minimum absolute atomic E-state index is 0.268. The Labute approximate surface area is 298 Å². The van der Waals surface area contributed by atoms with E-state index in [1.54, 1.807) is 5.57 Å². The molecule has 2 atom stereocenters. The standard InChI is InChI=1S/C49H45N/c1-3-13-38(14-4-1)44-19-11-20-45(36-44)41-30-34-48(35-31-41)50(46-21-5-2-6-22-46)47-32-28-40(29-33-47)39-26-24-37(25-27-39)12-9-16-43-18-10-17-42-15-7-8-23-49(42)43/h1-6,8-14,18-21,23-24,26,28-36,42,46H,7,15-17,22,25,27H2. The van der Waals surface area contributed by atoms with E-state index in [1.165, 1.54) is 75.2 Å². The Bertz CT molecular complexity index is 2060. The van der Waals surface area contributed by atoms with Crippen molar-refractivity contribution in [1.82, 2.24) is 0 Å². The van der Waals surface area contributed by atoms with Gasteiger partial charge in [-0.2, -0.15) is 0 Å². The van der Waals surface area contributed by atoms with Crippen molar-refractivity contribution < 1.29 is 0 Å². The molecular formula is C49H45N. The van der Waals surface area contributed by atoms with Gasteiger partial charge >= 0.3 is 0 Å². The minimum Gasteiger partial charge on any atom is -0.334 e. The largest absolute Gasteiger partial charge is 0.334 e. The van der Waals surface area contributed by atoms with E-state index in [4.69, 9.17) is 0 Å². The van der Waals surface area contributed by atoms with Crippen LogP contribution in [0.25, 0.3) is 27.8 Å². The molecule has 246 valence electrons. The molecule has 0 saturated carbocycles. The molecule has 0 spiro atoms. The van der Waals surface area contributed by atoms with Gasteiger partial charge in [-0.15, -0.1) is 0 Å². The molecular weight excluding hydrogens is 603 g/mol. The van der Waals surface area contributed by atoms with Crippen molar-refractivity contribution in [1.29, 1.82) is 0 Å². The predicted octanol–water partition coefficient (Wildman–Crippen LogP) is 13.3.